The summed E-state index contributed by atoms with van der Waals surface area (Å²) in [6.45, 7) is 2.10. The van der Waals surface area contributed by atoms with E-state index in [0.717, 1.165) is 21.1 Å². The molecule has 0 radical (unpaired) electrons. The first-order valence-corrected chi connectivity index (χ1v) is 8.39. The van der Waals surface area contributed by atoms with Gasteiger partial charge in [0, 0.05) is 15.0 Å². The van der Waals surface area contributed by atoms with E-state index in [-0.39, 0.29) is 6.04 Å². The van der Waals surface area contributed by atoms with Gasteiger partial charge in [0.05, 0.1) is 7.11 Å². The van der Waals surface area contributed by atoms with Crippen LogP contribution >= 0.6 is 31.9 Å². The maximum Gasteiger partial charge on any atom is 0.122 e. The van der Waals surface area contributed by atoms with Crippen molar-refractivity contribution < 1.29 is 4.74 Å². The van der Waals surface area contributed by atoms with Gasteiger partial charge in [-0.25, -0.2) is 0 Å². The molecule has 2 rings (SSSR count). The Balaban J connectivity index is 2.33. The van der Waals surface area contributed by atoms with E-state index < -0.39 is 0 Å². The van der Waals surface area contributed by atoms with Gasteiger partial charge in [-0.05, 0) is 61.3 Å². The summed E-state index contributed by atoms with van der Waals surface area (Å²) in [5.41, 5.74) is 3.68. The molecule has 4 heteroatoms. The molecule has 0 saturated carbocycles. The molecule has 1 atom stereocenters. The van der Waals surface area contributed by atoms with Gasteiger partial charge in [0.15, 0.2) is 0 Å². The molecule has 2 aromatic rings. The highest BCUT2D eigenvalue weighted by molar-refractivity contribution is 9.10. The number of hydrogen-bond donors (Lipinski definition) is 1. The summed E-state index contributed by atoms with van der Waals surface area (Å²) in [6.07, 6.45) is 0.862. The van der Waals surface area contributed by atoms with Crippen molar-refractivity contribution in [3.63, 3.8) is 0 Å². The van der Waals surface area contributed by atoms with E-state index in [2.05, 4.69) is 68.4 Å². The van der Waals surface area contributed by atoms with Gasteiger partial charge in [-0.2, -0.15) is 0 Å². The Morgan fingerprint density at radius 2 is 1.90 bits per heavy atom. The summed E-state index contributed by atoms with van der Waals surface area (Å²) in [5, 5.41) is 3.40. The van der Waals surface area contributed by atoms with E-state index in [1.54, 1.807) is 7.11 Å². The lowest BCUT2D eigenvalue weighted by molar-refractivity contribution is 0.406. The molecule has 1 N–H and O–H groups in total. The van der Waals surface area contributed by atoms with Crippen LogP contribution in [0, 0.1) is 6.92 Å². The Labute approximate surface area is 143 Å². The fourth-order valence-corrected chi connectivity index (χ4v) is 3.59. The van der Waals surface area contributed by atoms with E-state index >= 15 is 0 Å². The topological polar surface area (TPSA) is 21.3 Å². The van der Waals surface area contributed by atoms with Crippen LogP contribution in [0.5, 0.6) is 5.75 Å². The van der Waals surface area contributed by atoms with E-state index in [1.807, 2.05) is 19.2 Å². The molecule has 0 spiro atoms. The maximum absolute atomic E-state index is 5.47. The monoisotopic (exact) mass is 411 g/mol. The summed E-state index contributed by atoms with van der Waals surface area (Å²) in [5.74, 6) is 0.918. The first-order chi connectivity index (χ1) is 10.0. The molecule has 2 aromatic carbocycles. The van der Waals surface area contributed by atoms with Crippen LogP contribution in [0.4, 0.5) is 0 Å². The average Bonchev–Trinajstić information content (AvgIpc) is 2.45. The molecule has 0 aromatic heterocycles. The third-order valence-electron chi connectivity index (χ3n) is 3.55. The minimum Gasteiger partial charge on any atom is -0.496 e. The SMILES string of the molecule is CNC(Cc1cc(Br)ccc1OC)c1ccc(C)cc1Br. The number of aryl methyl sites for hydroxylation is 1. The third-order valence-corrected chi connectivity index (χ3v) is 4.73. The first-order valence-electron chi connectivity index (χ1n) is 6.81. The summed E-state index contributed by atoms with van der Waals surface area (Å²) < 4.78 is 7.67. The quantitative estimate of drug-likeness (QED) is 0.743. The fraction of sp³-hybridized carbons (Fsp3) is 0.294. The molecule has 21 heavy (non-hydrogen) atoms. The van der Waals surface area contributed by atoms with E-state index in [4.69, 9.17) is 4.74 Å². The van der Waals surface area contributed by atoms with Crippen molar-refractivity contribution >= 4 is 31.9 Å². The van der Waals surface area contributed by atoms with Gasteiger partial charge in [0.2, 0.25) is 0 Å². The van der Waals surface area contributed by atoms with Crippen LogP contribution in [0.2, 0.25) is 0 Å². The van der Waals surface area contributed by atoms with Crippen molar-refractivity contribution in [1.29, 1.82) is 0 Å². The second kappa shape index (κ2) is 7.43. The number of nitrogens with one attached hydrogen (secondary N) is 1. The molecule has 0 saturated heterocycles. The summed E-state index contributed by atoms with van der Waals surface area (Å²) >= 11 is 7.20. The number of ether oxygens (including phenoxy) is 1. The lowest BCUT2D eigenvalue weighted by atomic mass is 9.97. The molecule has 0 bridgehead atoms. The highest BCUT2D eigenvalue weighted by Gasteiger charge is 2.16. The third kappa shape index (κ3) is 4.09. The molecule has 0 amide bonds. The summed E-state index contributed by atoms with van der Waals surface area (Å²) in [4.78, 5) is 0. The van der Waals surface area contributed by atoms with Crippen LogP contribution in [-0.4, -0.2) is 14.2 Å². The van der Waals surface area contributed by atoms with Gasteiger partial charge >= 0.3 is 0 Å². The molecular weight excluding hydrogens is 394 g/mol. The van der Waals surface area contributed by atoms with Gasteiger partial charge in [0.25, 0.3) is 0 Å². The van der Waals surface area contributed by atoms with E-state index in [1.165, 1.54) is 16.7 Å². The van der Waals surface area contributed by atoms with Crippen molar-refractivity contribution in [1.82, 2.24) is 5.32 Å². The minimum atomic E-state index is 0.225. The fourth-order valence-electron chi connectivity index (χ4n) is 2.41. The number of hydrogen-bond acceptors (Lipinski definition) is 2. The number of likely N-dealkylation sites (N-methyl/N-ethyl adjacent to an activating group) is 1. The smallest absolute Gasteiger partial charge is 0.122 e. The Bertz CT molecular complexity index is 628. The predicted molar refractivity (Wildman–Crippen MR) is 95.1 cm³/mol. The second-order valence-corrected chi connectivity index (χ2v) is 6.80. The highest BCUT2D eigenvalue weighted by Crippen LogP contribution is 2.31. The van der Waals surface area contributed by atoms with Crippen molar-refractivity contribution in [3.05, 3.63) is 62.0 Å². The van der Waals surface area contributed by atoms with Crippen molar-refractivity contribution in [2.24, 2.45) is 0 Å². The Morgan fingerprint density at radius 3 is 2.52 bits per heavy atom. The van der Waals surface area contributed by atoms with Gasteiger partial charge < -0.3 is 10.1 Å². The number of halogens is 2. The summed E-state index contributed by atoms with van der Waals surface area (Å²) in [7, 11) is 3.70. The second-order valence-electron chi connectivity index (χ2n) is 5.03. The molecule has 2 nitrogen and oxygen atoms in total. The van der Waals surface area contributed by atoms with Gasteiger partial charge in [0.1, 0.15) is 5.75 Å². The van der Waals surface area contributed by atoms with Crippen molar-refractivity contribution in [2.45, 2.75) is 19.4 Å². The van der Waals surface area contributed by atoms with Crippen LogP contribution in [0.1, 0.15) is 22.7 Å². The largest absolute Gasteiger partial charge is 0.496 e. The Morgan fingerprint density at radius 1 is 1.14 bits per heavy atom. The highest BCUT2D eigenvalue weighted by atomic mass is 79.9. The van der Waals surface area contributed by atoms with Gasteiger partial charge in [-0.15, -0.1) is 0 Å². The molecule has 0 aliphatic carbocycles. The van der Waals surface area contributed by atoms with Crippen LogP contribution in [-0.2, 0) is 6.42 Å². The average molecular weight is 413 g/mol. The summed E-state index contributed by atoms with van der Waals surface area (Å²) in [6, 6.07) is 12.8. The molecular formula is C17H19Br2NO. The molecule has 0 fully saturated rings. The number of methoxy groups -OCH3 is 1. The van der Waals surface area contributed by atoms with Crippen LogP contribution in [0.3, 0.4) is 0 Å². The van der Waals surface area contributed by atoms with E-state index in [9.17, 15) is 0 Å². The zero-order valence-electron chi connectivity index (χ0n) is 12.4. The van der Waals surface area contributed by atoms with Crippen LogP contribution in [0.25, 0.3) is 0 Å². The molecule has 0 aliphatic heterocycles. The van der Waals surface area contributed by atoms with Crippen LogP contribution < -0.4 is 10.1 Å². The molecule has 0 heterocycles. The van der Waals surface area contributed by atoms with Crippen LogP contribution in [0.15, 0.2) is 45.3 Å². The molecule has 112 valence electrons. The lowest BCUT2D eigenvalue weighted by Crippen LogP contribution is -2.19. The van der Waals surface area contributed by atoms with Crippen molar-refractivity contribution in [2.75, 3.05) is 14.2 Å². The molecule has 0 aliphatic rings. The normalized spacial score (nSPS) is 12.2. The standard InChI is InChI=1S/C17H19Br2NO/c1-11-4-6-14(15(19)8-11)16(20-2)10-12-9-13(18)5-7-17(12)21-3/h4-9,16,20H,10H2,1-3H3. The van der Waals surface area contributed by atoms with Crippen molar-refractivity contribution in [3.8, 4) is 5.75 Å². The zero-order chi connectivity index (χ0) is 15.4. The van der Waals surface area contributed by atoms with E-state index in [0.29, 0.717) is 0 Å². The molecule has 1 unspecified atom stereocenters. The number of rotatable bonds is 5. The first kappa shape index (κ1) is 16.5. The Kier molecular flexibility index (Phi) is 5.85. The minimum absolute atomic E-state index is 0.225. The van der Waals surface area contributed by atoms with Gasteiger partial charge in [-0.1, -0.05) is 44.0 Å². The zero-order valence-corrected chi connectivity index (χ0v) is 15.6. The Hall–Kier alpha value is -0.840. The lowest BCUT2D eigenvalue weighted by Gasteiger charge is -2.20. The van der Waals surface area contributed by atoms with Gasteiger partial charge in [-0.3, -0.25) is 0 Å². The predicted octanol–water partition coefficient (Wildman–Crippen LogP) is 5.03. The number of benzene rings is 2. The maximum atomic E-state index is 5.47.